The zero-order chi connectivity index (χ0) is 8.27. The molecule has 1 aliphatic heterocycles. The molecule has 1 fully saturated rings. The highest BCUT2D eigenvalue weighted by Crippen LogP contribution is 2.16. The first kappa shape index (κ1) is 8.53. The van der Waals surface area contributed by atoms with Crippen LogP contribution in [0.4, 0.5) is 0 Å². The van der Waals surface area contributed by atoms with Crippen molar-refractivity contribution < 1.29 is 9.53 Å². The number of hydrogen-bond donors (Lipinski definition) is 0. The summed E-state index contributed by atoms with van der Waals surface area (Å²) in [7, 11) is 1.68. The smallest absolute Gasteiger partial charge is 0.219 e. The van der Waals surface area contributed by atoms with E-state index in [2.05, 4.69) is 0 Å². The molecular formula is C8H15NO2. The summed E-state index contributed by atoms with van der Waals surface area (Å²) in [5, 5.41) is 0. The molecule has 3 nitrogen and oxygen atoms in total. The van der Waals surface area contributed by atoms with Gasteiger partial charge in [0.15, 0.2) is 0 Å². The Labute approximate surface area is 67.3 Å². The Hall–Kier alpha value is -0.570. The predicted molar refractivity (Wildman–Crippen MR) is 42.3 cm³/mol. The lowest BCUT2D eigenvalue weighted by Gasteiger charge is -2.22. The van der Waals surface area contributed by atoms with Gasteiger partial charge in [0.05, 0.1) is 12.6 Å². The SMILES string of the molecule is COC[C@@H]1CCCN1C(C)=O. The van der Waals surface area contributed by atoms with E-state index in [-0.39, 0.29) is 5.91 Å². The second kappa shape index (κ2) is 3.72. The summed E-state index contributed by atoms with van der Waals surface area (Å²) in [5.41, 5.74) is 0. The summed E-state index contributed by atoms with van der Waals surface area (Å²) in [5.74, 6) is 0.171. The van der Waals surface area contributed by atoms with Crippen LogP contribution in [0.15, 0.2) is 0 Å². The third-order valence-electron chi connectivity index (χ3n) is 2.14. The second-order valence-electron chi connectivity index (χ2n) is 2.96. The van der Waals surface area contributed by atoms with Crippen molar-refractivity contribution >= 4 is 5.91 Å². The first-order valence-corrected chi connectivity index (χ1v) is 4.02. The van der Waals surface area contributed by atoms with Crippen LogP contribution in [0.2, 0.25) is 0 Å². The van der Waals surface area contributed by atoms with E-state index in [1.54, 1.807) is 14.0 Å². The van der Waals surface area contributed by atoms with Crippen LogP contribution in [0.25, 0.3) is 0 Å². The molecule has 1 saturated heterocycles. The monoisotopic (exact) mass is 157 g/mol. The van der Waals surface area contributed by atoms with E-state index in [4.69, 9.17) is 4.74 Å². The Morgan fingerprint density at radius 3 is 3.00 bits per heavy atom. The van der Waals surface area contributed by atoms with Gasteiger partial charge in [-0.25, -0.2) is 0 Å². The highest BCUT2D eigenvalue weighted by atomic mass is 16.5. The van der Waals surface area contributed by atoms with Crippen LogP contribution in [0.1, 0.15) is 19.8 Å². The van der Waals surface area contributed by atoms with Gasteiger partial charge in [-0.15, -0.1) is 0 Å². The minimum Gasteiger partial charge on any atom is -0.383 e. The molecule has 0 unspecified atom stereocenters. The lowest BCUT2D eigenvalue weighted by Crippen LogP contribution is -2.36. The molecule has 0 bridgehead atoms. The van der Waals surface area contributed by atoms with E-state index in [0.29, 0.717) is 12.6 Å². The van der Waals surface area contributed by atoms with Gasteiger partial charge < -0.3 is 9.64 Å². The molecule has 1 amide bonds. The summed E-state index contributed by atoms with van der Waals surface area (Å²) in [6.07, 6.45) is 2.21. The van der Waals surface area contributed by atoms with Crippen molar-refractivity contribution in [3.8, 4) is 0 Å². The summed E-state index contributed by atoms with van der Waals surface area (Å²) in [6.45, 7) is 3.21. The number of methoxy groups -OCH3 is 1. The van der Waals surface area contributed by atoms with E-state index in [1.807, 2.05) is 4.90 Å². The van der Waals surface area contributed by atoms with E-state index in [9.17, 15) is 4.79 Å². The fourth-order valence-electron chi connectivity index (χ4n) is 1.62. The average Bonchev–Trinajstić information content (AvgIpc) is 2.36. The van der Waals surface area contributed by atoms with Gasteiger partial charge in [-0.1, -0.05) is 0 Å². The summed E-state index contributed by atoms with van der Waals surface area (Å²) in [6, 6.07) is 0.331. The number of carbonyl (C=O) groups is 1. The second-order valence-corrected chi connectivity index (χ2v) is 2.96. The molecule has 0 aliphatic carbocycles. The Kier molecular flexibility index (Phi) is 2.88. The van der Waals surface area contributed by atoms with Crippen molar-refractivity contribution in [1.29, 1.82) is 0 Å². The molecule has 0 saturated carbocycles. The number of nitrogens with zero attached hydrogens (tertiary/aromatic N) is 1. The lowest BCUT2D eigenvalue weighted by atomic mass is 10.2. The Balaban J connectivity index is 2.44. The maximum atomic E-state index is 11.0. The third-order valence-corrected chi connectivity index (χ3v) is 2.14. The topological polar surface area (TPSA) is 29.5 Å². The normalized spacial score (nSPS) is 24.2. The highest BCUT2D eigenvalue weighted by molar-refractivity contribution is 5.73. The first-order valence-electron chi connectivity index (χ1n) is 4.02. The highest BCUT2D eigenvalue weighted by Gasteiger charge is 2.25. The molecule has 0 aromatic heterocycles. The molecule has 1 rings (SSSR count). The largest absolute Gasteiger partial charge is 0.383 e. The molecule has 64 valence electrons. The fraction of sp³-hybridized carbons (Fsp3) is 0.875. The Bertz CT molecular complexity index is 147. The number of carbonyl (C=O) groups excluding carboxylic acids is 1. The number of ether oxygens (including phenoxy) is 1. The number of hydrogen-bond acceptors (Lipinski definition) is 2. The zero-order valence-electron chi connectivity index (χ0n) is 7.17. The first-order chi connectivity index (χ1) is 5.25. The molecule has 11 heavy (non-hydrogen) atoms. The van der Waals surface area contributed by atoms with E-state index < -0.39 is 0 Å². The van der Waals surface area contributed by atoms with Crippen molar-refractivity contribution in [2.75, 3.05) is 20.3 Å². The van der Waals surface area contributed by atoms with Gasteiger partial charge in [-0.2, -0.15) is 0 Å². The van der Waals surface area contributed by atoms with Crippen LogP contribution in [-0.4, -0.2) is 37.1 Å². The molecule has 3 heteroatoms. The standard InChI is InChI=1S/C8H15NO2/c1-7(10)9-5-3-4-8(9)6-11-2/h8H,3-6H2,1-2H3/t8-/m0/s1. The maximum absolute atomic E-state index is 11.0. The van der Waals surface area contributed by atoms with Crippen LogP contribution in [0.3, 0.4) is 0 Å². The van der Waals surface area contributed by atoms with Crippen molar-refractivity contribution in [1.82, 2.24) is 4.90 Å². The van der Waals surface area contributed by atoms with E-state index in [1.165, 1.54) is 0 Å². The molecule has 0 spiro atoms. The van der Waals surface area contributed by atoms with Crippen LogP contribution >= 0.6 is 0 Å². The van der Waals surface area contributed by atoms with E-state index in [0.717, 1.165) is 19.4 Å². The number of rotatable bonds is 2. The molecule has 0 aromatic carbocycles. The van der Waals surface area contributed by atoms with Crippen molar-refractivity contribution in [2.45, 2.75) is 25.8 Å². The van der Waals surface area contributed by atoms with Crippen molar-refractivity contribution in [2.24, 2.45) is 0 Å². The molecule has 0 N–H and O–H groups in total. The van der Waals surface area contributed by atoms with E-state index >= 15 is 0 Å². The zero-order valence-corrected chi connectivity index (χ0v) is 7.17. The quantitative estimate of drug-likeness (QED) is 0.589. The van der Waals surface area contributed by atoms with Crippen LogP contribution in [0, 0.1) is 0 Å². The summed E-state index contributed by atoms with van der Waals surface area (Å²) >= 11 is 0. The van der Waals surface area contributed by atoms with Crippen molar-refractivity contribution in [3.05, 3.63) is 0 Å². The average molecular weight is 157 g/mol. The maximum Gasteiger partial charge on any atom is 0.219 e. The van der Waals surface area contributed by atoms with Gasteiger partial charge >= 0.3 is 0 Å². The minimum atomic E-state index is 0.171. The van der Waals surface area contributed by atoms with Gasteiger partial charge in [-0.3, -0.25) is 4.79 Å². The molecule has 1 aliphatic rings. The Morgan fingerprint density at radius 1 is 1.73 bits per heavy atom. The van der Waals surface area contributed by atoms with Gasteiger partial charge in [0.25, 0.3) is 0 Å². The molecule has 0 aromatic rings. The molecule has 1 atom stereocenters. The van der Waals surface area contributed by atoms with Gasteiger partial charge in [-0.05, 0) is 12.8 Å². The Morgan fingerprint density at radius 2 is 2.45 bits per heavy atom. The fourth-order valence-corrected chi connectivity index (χ4v) is 1.62. The van der Waals surface area contributed by atoms with Crippen LogP contribution in [0.5, 0.6) is 0 Å². The van der Waals surface area contributed by atoms with Crippen molar-refractivity contribution in [3.63, 3.8) is 0 Å². The number of likely N-dealkylation sites (tertiary alicyclic amines) is 1. The van der Waals surface area contributed by atoms with Gasteiger partial charge in [0.2, 0.25) is 5.91 Å². The minimum absolute atomic E-state index is 0.171. The summed E-state index contributed by atoms with van der Waals surface area (Å²) in [4.78, 5) is 12.9. The molecule has 1 heterocycles. The van der Waals surface area contributed by atoms with Gasteiger partial charge in [0, 0.05) is 20.6 Å². The predicted octanol–water partition coefficient (Wildman–Crippen LogP) is 0.644. The lowest BCUT2D eigenvalue weighted by molar-refractivity contribution is -0.130. The van der Waals surface area contributed by atoms with Gasteiger partial charge in [0.1, 0.15) is 0 Å². The molecular weight excluding hydrogens is 142 g/mol. The summed E-state index contributed by atoms with van der Waals surface area (Å²) < 4.78 is 5.01. The molecule has 0 radical (unpaired) electrons. The van der Waals surface area contributed by atoms with Crippen LogP contribution < -0.4 is 0 Å². The third kappa shape index (κ3) is 1.93. The number of amides is 1. The van der Waals surface area contributed by atoms with Crippen LogP contribution in [-0.2, 0) is 9.53 Å².